The lowest BCUT2D eigenvalue weighted by atomic mass is 10.3. The molecule has 0 bridgehead atoms. The van der Waals surface area contributed by atoms with Crippen molar-refractivity contribution in [2.24, 2.45) is 0 Å². The molecule has 2 aromatic heterocycles. The van der Waals surface area contributed by atoms with Crippen molar-refractivity contribution in [3.8, 4) is 10.8 Å². The van der Waals surface area contributed by atoms with Crippen LogP contribution in [0.3, 0.4) is 0 Å². The zero-order valence-corrected chi connectivity index (χ0v) is 13.5. The number of aromatic nitrogens is 1. The van der Waals surface area contributed by atoms with E-state index in [0.29, 0.717) is 11.5 Å². The first-order valence-corrected chi connectivity index (χ1v) is 8.22. The van der Waals surface area contributed by atoms with Gasteiger partial charge in [-0.15, -0.1) is 11.3 Å². The van der Waals surface area contributed by atoms with Gasteiger partial charge in [-0.25, -0.2) is 4.98 Å². The number of benzene rings is 1. The third-order valence-electron chi connectivity index (χ3n) is 3.52. The molecule has 0 fully saturated rings. The lowest BCUT2D eigenvalue weighted by molar-refractivity contribution is 0.0763. The molecule has 114 valence electrons. The van der Waals surface area contributed by atoms with Gasteiger partial charge in [0.15, 0.2) is 16.5 Å². The van der Waals surface area contributed by atoms with Gasteiger partial charge < -0.3 is 9.32 Å². The summed E-state index contributed by atoms with van der Waals surface area (Å²) in [5.41, 5.74) is 0.951. The van der Waals surface area contributed by atoms with Gasteiger partial charge in [-0.05, 0) is 30.7 Å². The molecule has 0 radical (unpaired) electrons. The molecular formula is C17H18N2O2S. The summed E-state index contributed by atoms with van der Waals surface area (Å²) in [6.45, 7) is 2.85. The minimum Gasteiger partial charge on any atom is -0.448 e. The Hall–Kier alpha value is -2.14. The van der Waals surface area contributed by atoms with Crippen molar-refractivity contribution >= 4 is 27.5 Å². The first-order valence-electron chi connectivity index (χ1n) is 7.40. The number of carbonyl (C=O) groups excluding carboxylic acids is 1. The average Bonchev–Trinajstić information content (AvgIpc) is 3.17. The van der Waals surface area contributed by atoms with E-state index < -0.39 is 0 Å². The van der Waals surface area contributed by atoms with E-state index in [9.17, 15) is 4.79 Å². The van der Waals surface area contributed by atoms with Crippen LogP contribution in [0.5, 0.6) is 0 Å². The van der Waals surface area contributed by atoms with Crippen LogP contribution >= 0.6 is 11.3 Å². The second-order valence-corrected chi connectivity index (χ2v) is 6.26. The van der Waals surface area contributed by atoms with Crippen LogP contribution in [0.25, 0.3) is 21.0 Å². The Labute approximate surface area is 133 Å². The fraction of sp³-hybridized carbons (Fsp3) is 0.294. The Morgan fingerprint density at radius 1 is 1.27 bits per heavy atom. The molecule has 0 N–H and O–H groups in total. The third-order valence-corrected chi connectivity index (χ3v) is 4.57. The number of rotatable bonds is 5. The molecular weight excluding hydrogens is 296 g/mol. The molecule has 0 aliphatic carbocycles. The summed E-state index contributed by atoms with van der Waals surface area (Å²) in [4.78, 5) is 18.5. The van der Waals surface area contributed by atoms with Crippen molar-refractivity contribution in [1.29, 1.82) is 0 Å². The molecule has 2 heterocycles. The van der Waals surface area contributed by atoms with Crippen LogP contribution in [0.1, 0.15) is 30.3 Å². The first kappa shape index (κ1) is 14.8. The van der Waals surface area contributed by atoms with E-state index in [0.717, 1.165) is 34.6 Å². The highest BCUT2D eigenvalue weighted by Crippen LogP contribution is 2.31. The molecule has 3 rings (SSSR count). The summed E-state index contributed by atoms with van der Waals surface area (Å²) in [5, 5.41) is 0.802. The Balaban J connectivity index is 1.82. The lowest BCUT2D eigenvalue weighted by Crippen LogP contribution is -2.27. The van der Waals surface area contributed by atoms with E-state index >= 15 is 0 Å². The molecule has 0 saturated carbocycles. The average molecular weight is 314 g/mol. The molecule has 1 amide bonds. The van der Waals surface area contributed by atoms with E-state index in [-0.39, 0.29) is 5.91 Å². The fourth-order valence-corrected chi connectivity index (χ4v) is 3.16. The fourth-order valence-electron chi connectivity index (χ4n) is 2.23. The number of fused-ring (bicyclic) bond motifs is 1. The number of hydrogen-bond acceptors (Lipinski definition) is 4. The molecule has 0 unspecified atom stereocenters. The first-order chi connectivity index (χ1) is 10.7. The van der Waals surface area contributed by atoms with Gasteiger partial charge in [0.2, 0.25) is 0 Å². The summed E-state index contributed by atoms with van der Waals surface area (Å²) in [6, 6.07) is 11.5. The maximum atomic E-state index is 12.3. The van der Waals surface area contributed by atoms with Crippen LogP contribution < -0.4 is 0 Å². The molecule has 5 heteroatoms. The number of carbonyl (C=O) groups is 1. The van der Waals surface area contributed by atoms with Crippen molar-refractivity contribution in [3.63, 3.8) is 0 Å². The third kappa shape index (κ3) is 2.90. The summed E-state index contributed by atoms with van der Waals surface area (Å²) in [6.07, 6.45) is 2.06. The Morgan fingerprint density at radius 2 is 2.09 bits per heavy atom. The number of amides is 1. The van der Waals surface area contributed by atoms with Crippen LogP contribution in [-0.2, 0) is 0 Å². The maximum Gasteiger partial charge on any atom is 0.289 e. The van der Waals surface area contributed by atoms with Crippen molar-refractivity contribution < 1.29 is 9.21 Å². The van der Waals surface area contributed by atoms with Gasteiger partial charge in [0.05, 0.1) is 10.2 Å². The standard InChI is InChI=1S/C17H18N2O2S/c1-3-4-11-19(2)17(20)14-10-9-13(21-14)16-18-12-7-5-6-8-15(12)22-16/h5-10H,3-4,11H2,1-2H3. The topological polar surface area (TPSA) is 46.3 Å². The van der Waals surface area contributed by atoms with Crippen molar-refractivity contribution in [2.75, 3.05) is 13.6 Å². The van der Waals surface area contributed by atoms with Crippen LogP contribution in [0.4, 0.5) is 0 Å². The second-order valence-electron chi connectivity index (χ2n) is 5.23. The van der Waals surface area contributed by atoms with E-state index in [4.69, 9.17) is 4.42 Å². The monoisotopic (exact) mass is 314 g/mol. The summed E-state index contributed by atoms with van der Waals surface area (Å²) in [7, 11) is 1.80. The van der Waals surface area contributed by atoms with Crippen molar-refractivity contribution in [1.82, 2.24) is 9.88 Å². The van der Waals surface area contributed by atoms with E-state index in [1.54, 1.807) is 29.4 Å². The van der Waals surface area contributed by atoms with Crippen molar-refractivity contribution in [2.45, 2.75) is 19.8 Å². The molecule has 4 nitrogen and oxygen atoms in total. The van der Waals surface area contributed by atoms with Gasteiger partial charge in [-0.2, -0.15) is 0 Å². The molecule has 0 atom stereocenters. The van der Waals surface area contributed by atoms with Crippen LogP contribution in [-0.4, -0.2) is 29.4 Å². The normalized spacial score (nSPS) is 11.0. The van der Waals surface area contributed by atoms with Gasteiger partial charge in [0.1, 0.15) is 0 Å². The Morgan fingerprint density at radius 3 is 2.86 bits per heavy atom. The smallest absolute Gasteiger partial charge is 0.289 e. The summed E-state index contributed by atoms with van der Waals surface area (Å²) >= 11 is 1.57. The maximum absolute atomic E-state index is 12.3. The van der Waals surface area contributed by atoms with Crippen LogP contribution in [0, 0.1) is 0 Å². The number of hydrogen-bond donors (Lipinski definition) is 0. The van der Waals surface area contributed by atoms with Gasteiger partial charge in [0.25, 0.3) is 5.91 Å². The second kappa shape index (κ2) is 6.32. The largest absolute Gasteiger partial charge is 0.448 e. The van der Waals surface area contributed by atoms with Crippen LogP contribution in [0.2, 0.25) is 0 Å². The molecule has 0 aliphatic heterocycles. The number of nitrogens with zero attached hydrogens (tertiary/aromatic N) is 2. The molecule has 0 aliphatic rings. The SMILES string of the molecule is CCCCN(C)C(=O)c1ccc(-c2nc3ccccc3s2)o1. The molecule has 3 aromatic rings. The van der Waals surface area contributed by atoms with Gasteiger partial charge in [-0.3, -0.25) is 4.79 Å². The molecule has 22 heavy (non-hydrogen) atoms. The predicted molar refractivity (Wildman–Crippen MR) is 89.2 cm³/mol. The number of unbranched alkanes of at least 4 members (excludes halogenated alkanes) is 1. The highest BCUT2D eigenvalue weighted by molar-refractivity contribution is 7.21. The zero-order valence-electron chi connectivity index (χ0n) is 12.7. The Bertz CT molecular complexity index is 758. The van der Waals surface area contributed by atoms with E-state index in [1.807, 2.05) is 30.3 Å². The van der Waals surface area contributed by atoms with Gasteiger partial charge >= 0.3 is 0 Å². The van der Waals surface area contributed by atoms with Gasteiger partial charge in [-0.1, -0.05) is 25.5 Å². The quantitative estimate of drug-likeness (QED) is 0.700. The Kier molecular flexibility index (Phi) is 4.24. The molecule has 1 aromatic carbocycles. The van der Waals surface area contributed by atoms with Crippen LogP contribution in [0.15, 0.2) is 40.8 Å². The minimum atomic E-state index is -0.0826. The van der Waals surface area contributed by atoms with Gasteiger partial charge in [0, 0.05) is 13.6 Å². The predicted octanol–water partition coefficient (Wildman–Crippen LogP) is 4.43. The number of thiazole rings is 1. The number of furan rings is 1. The molecule has 0 spiro atoms. The lowest BCUT2D eigenvalue weighted by Gasteiger charge is -2.14. The zero-order chi connectivity index (χ0) is 15.5. The minimum absolute atomic E-state index is 0.0826. The summed E-state index contributed by atoms with van der Waals surface area (Å²) in [5.74, 6) is 0.933. The van der Waals surface area contributed by atoms with Crippen molar-refractivity contribution in [3.05, 3.63) is 42.2 Å². The van der Waals surface area contributed by atoms with E-state index in [2.05, 4.69) is 11.9 Å². The highest BCUT2D eigenvalue weighted by atomic mass is 32.1. The highest BCUT2D eigenvalue weighted by Gasteiger charge is 2.17. The van der Waals surface area contributed by atoms with E-state index in [1.165, 1.54) is 0 Å². The number of para-hydroxylation sites is 1. The molecule has 0 saturated heterocycles. The summed E-state index contributed by atoms with van der Waals surface area (Å²) < 4.78 is 6.83.